The van der Waals surface area contributed by atoms with Gasteiger partial charge < -0.3 is 41.3 Å². The molecule has 1 unspecified atom stereocenters. The number of anilines is 5. The number of para-hydroxylation sites is 2. The van der Waals surface area contributed by atoms with Crippen LogP contribution in [0, 0.1) is 37.1 Å². The lowest BCUT2D eigenvalue weighted by Gasteiger charge is -2.32. The van der Waals surface area contributed by atoms with Gasteiger partial charge in [-0.15, -0.1) is 0 Å². The number of hydrogen-bond donors (Lipinski definition) is 5. The van der Waals surface area contributed by atoms with E-state index in [0.717, 1.165) is 84.5 Å². The maximum atomic E-state index is 15.0. The fraction of sp³-hybridized carbons (Fsp3) is 0.410. The van der Waals surface area contributed by atoms with Gasteiger partial charge in [-0.1, -0.05) is 52.0 Å². The Hall–Kier alpha value is -7.93. The van der Waals surface area contributed by atoms with Crippen LogP contribution in [0.25, 0.3) is 22.5 Å². The first-order valence-electron chi connectivity index (χ1n) is 28.3. The number of hydrogen-bond acceptors (Lipinski definition) is 13. The number of fused-ring (bicyclic) bond motifs is 2. The molecule has 0 spiro atoms. The number of carbonyl (C=O) groups excluding carboxylic acids is 4. The van der Waals surface area contributed by atoms with Crippen LogP contribution in [-0.4, -0.2) is 143 Å². The van der Waals surface area contributed by atoms with Crippen LogP contribution in [0.2, 0.25) is 0 Å². The summed E-state index contributed by atoms with van der Waals surface area (Å²) < 4.78 is 71.8. The van der Waals surface area contributed by atoms with Crippen LogP contribution in [0.1, 0.15) is 98.4 Å². The first kappa shape index (κ1) is 66.2. The SMILES string of the molecule is CCN(CC)CCN(C)c1nc(-c2cc(C(=O)NC(C)C)ccc2C)c2c(n1)N(c1c(F)cccc1F)C(=O)NC2.CCN(CC)CCNC.Cc1ccc(C(=O)NC(C)C)cc1-c1nc(S(C)=O)nc2c1CNC(=O)N2c1c(F)cccc1F. The van der Waals surface area contributed by atoms with Gasteiger partial charge in [0.1, 0.15) is 34.6 Å². The van der Waals surface area contributed by atoms with Crippen molar-refractivity contribution in [2.24, 2.45) is 0 Å². The van der Waals surface area contributed by atoms with E-state index >= 15 is 8.78 Å². The van der Waals surface area contributed by atoms with Crippen molar-refractivity contribution in [2.45, 2.75) is 99.6 Å². The smallest absolute Gasteiger partial charge is 0.328 e. The number of rotatable bonds is 20. The van der Waals surface area contributed by atoms with Crippen molar-refractivity contribution < 1.29 is 40.9 Å². The second-order valence-corrected chi connectivity index (χ2v) is 22.1. The van der Waals surface area contributed by atoms with Gasteiger partial charge in [-0.05, 0) is 134 Å². The number of halogens is 4. The molecule has 0 fully saturated rings. The van der Waals surface area contributed by atoms with Crippen molar-refractivity contribution >= 4 is 63.6 Å². The predicted molar refractivity (Wildman–Crippen MR) is 326 cm³/mol. The summed E-state index contributed by atoms with van der Waals surface area (Å²) in [5.74, 6) is -3.93. The number of likely N-dealkylation sites (N-methyl/N-ethyl adjacent to an activating group) is 4. The maximum absolute atomic E-state index is 15.0. The van der Waals surface area contributed by atoms with Gasteiger partial charge in [-0.3, -0.25) is 13.8 Å². The molecular weight excluding hydrogens is 1120 g/mol. The van der Waals surface area contributed by atoms with Crippen molar-refractivity contribution in [3.05, 3.63) is 129 Å². The molecule has 6 amide bonds. The van der Waals surface area contributed by atoms with E-state index in [1.54, 1.807) is 30.3 Å². The fourth-order valence-electron chi connectivity index (χ4n) is 9.32. The van der Waals surface area contributed by atoms with Crippen LogP contribution >= 0.6 is 0 Å². The van der Waals surface area contributed by atoms with Gasteiger partial charge in [0.25, 0.3) is 11.8 Å². The van der Waals surface area contributed by atoms with Crippen LogP contribution in [0.4, 0.5) is 56.1 Å². The lowest BCUT2D eigenvalue weighted by Crippen LogP contribution is -2.43. The van der Waals surface area contributed by atoms with Crippen LogP contribution in [-0.2, 0) is 23.9 Å². The minimum absolute atomic E-state index is 0.0332. The summed E-state index contributed by atoms with van der Waals surface area (Å²) >= 11 is 0. The monoisotopic (exact) mass is 1190 g/mol. The van der Waals surface area contributed by atoms with E-state index in [-0.39, 0.29) is 53.8 Å². The normalized spacial score (nSPS) is 13.1. The lowest BCUT2D eigenvalue weighted by atomic mass is 9.97. The highest BCUT2D eigenvalue weighted by Crippen LogP contribution is 2.41. The Balaban J connectivity index is 0.000000240. The van der Waals surface area contributed by atoms with Crippen molar-refractivity contribution in [1.29, 1.82) is 0 Å². The molecule has 1 atom stereocenters. The highest BCUT2D eigenvalue weighted by Gasteiger charge is 2.37. The molecule has 0 bridgehead atoms. The average molecular weight is 1200 g/mol. The van der Waals surface area contributed by atoms with Crippen molar-refractivity contribution in [2.75, 3.05) is 87.4 Å². The Morgan fingerprint density at radius 1 is 0.624 bits per heavy atom. The lowest BCUT2D eigenvalue weighted by molar-refractivity contribution is 0.0934. The molecule has 0 aliphatic carbocycles. The first-order valence-corrected chi connectivity index (χ1v) is 29.9. The molecule has 456 valence electrons. The fourth-order valence-corrected chi connectivity index (χ4v) is 9.76. The van der Waals surface area contributed by atoms with E-state index in [1.165, 1.54) is 24.9 Å². The van der Waals surface area contributed by atoms with Crippen molar-refractivity contribution in [1.82, 2.24) is 56.3 Å². The molecule has 6 aromatic rings. The molecule has 8 rings (SSSR count). The Bertz CT molecular complexity index is 3360. The Morgan fingerprint density at radius 3 is 1.44 bits per heavy atom. The summed E-state index contributed by atoms with van der Waals surface area (Å²) in [6.45, 7) is 27.4. The molecule has 2 aromatic heterocycles. The number of carbonyl (C=O) groups is 4. The minimum atomic E-state index is -1.68. The maximum Gasteiger partial charge on any atom is 0.328 e. The van der Waals surface area contributed by atoms with E-state index < -0.39 is 57.5 Å². The minimum Gasteiger partial charge on any atom is -0.350 e. The summed E-state index contributed by atoms with van der Waals surface area (Å²) in [6, 6.07) is 15.4. The van der Waals surface area contributed by atoms with E-state index in [0.29, 0.717) is 57.3 Å². The van der Waals surface area contributed by atoms with Gasteiger partial charge >= 0.3 is 12.1 Å². The zero-order chi connectivity index (χ0) is 62.4. The number of nitrogens with zero attached hydrogens (tertiary/aromatic N) is 9. The number of aryl methyl sites for hydroxylation is 2. The summed E-state index contributed by atoms with van der Waals surface area (Å²) in [4.78, 5) is 78.0. The third-order valence-electron chi connectivity index (χ3n) is 14.1. The molecule has 19 nitrogen and oxygen atoms in total. The summed E-state index contributed by atoms with van der Waals surface area (Å²) in [6.07, 6.45) is 1.36. The summed E-state index contributed by atoms with van der Waals surface area (Å²) in [5, 5.41) is 14.0. The van der Waals surface area contributed by atoms with Crippen LogP contribution < -0.4 is 41.3 Å². The molecule has 2 aliphatic heterocycles. The van der Waals surface area contributed by atoms with Gasteiger partial charge in [0.15, 0.2) is 11.6 Å². The molecule has 85 heavy (non-hydrogen) atoms. The van der Waals surface area contributed by atoms with Crippen LogP contribution in [0.5, 0.6) is 0 Å². The van der Waals surface area contributed by atoms with Crippen molar-refractivity contribution in [3.8, 4) is 22.5 Å². The van der Waals surface area contributed by atoms with Gasteiger partial charge in [-0.2, -0.15) is 4.98 Å². The molecule has 0 saturated carbocycles. The molecule has 0 radical (unpaired) electrons. The third-order valence-corrected chi connectivity index (χ3v) is 14.8. The van der Waals surface area contributed by atoms with Crippen LogP contribution in [0.15, 0.2) is 78.0 Å². The standard InChI is InChI=1S/C30H37F2N7O2.C24H23F2N5O3S.C7H18N2/c1-7-38(8-2)15-14-37(6)29-35-25(21-16-20(13-12-19(21)5)28(40)34-18(3)4)22-17-33-30(41)39(27(22)36-29)26-23(31)10-9-11-24(26)32;1-12(2)28-22(32)14-9-8-13(3)15(10-14)19-16-11-27-24(33)31(20-17(25)6-5-7-18(20)26)21(16)30-23(29-19)35(4)34;1-4-9(5-2)7-6-8-3/h9-13,16,18H,7-8,14-15,17H2,1-6H3,(H,33,41)(H,34,40);5-10,12H,11H2,1-4H3,(H,27,33)(H,28,32);8H,4-7H2,1-3H3. The summed E-state index contributed by atoms with van der Waals surface area (Å²) in [5.41, 5.74) is 4.10. The highest BCUT2D eigenvalue weighted by atomic mass is 32.2. The number of benzene rings is 4. The average Bonchev–Trinajstić information content (AvgIpc) is 2.30. The number of urea groups is 2. The molecule has 4 aromatic carbocycles. The molecule has 2 aliphatic rings. The van der Waals surface area contributed by atoms with E-state index in [9.17, 15) is 32.2 Å². The molecular formula is C61H78F4N14O5S. The predicted octanol–water partition coefficient (Wildman–Crippen LogP) is 9.52. The zero-order valence-corrected chi connectivity index (χ0v) is 51.5. The topological polar surface area (TPSA) is 213 Å². The highest BCUT2D eigenvalue weighted by molar-refractivity contribution is 7.84. The van der Waals surface area contributed by atoms with E-state index in [1.807, 2.05) is 66.6 Å². The second kappa shape index (κ2) is 30.2. The molecule has 5 N–H and O–H groups in total. The Morgan fingerprint density at radius 2 is 1.04 bits per heavy atom. The number of nitrogens with one attached hydrogen (secondary N) is 5. The third kappa shape index (κ3) is 16.1. The molecule has 24 heteroatoms. The number of aromatic nitrogens is 4. The van der Waals surface area contributed by atoms with E-state index in [2.05, 4.69) is 74.0 Å². The Labute approximate surface area is 497 Å². The first-order chi connectivity index (χ1) is 40.5. The largest absolute Gasteiger partial charge is 0.350 e. The second-order valence-electron chi connectivity index (χ2n) is 20.8. The van der Waals surface area contributed by atoms with Gasteiger partial charge in [0, 0.05) is 84.9 Å². The van der Waals surface area contributed by atoms with E-state index in [4.69, 9.17) is 9.97 Å². The quantitative estimate of drug-likeness (QED) is 0.0356. The van der Waals surface area contributed by atoms with Gasteiger partial charge in [-0.25, -0.2) is 51.9 Å². The zero-order valence-electron chi connectivity index (χ0n) is 50.6. The van der Waals surface area contributed by atoms with Crippen molar-refractivity contribution in [3.63, 3.8) is 0 Å². The molecule has 0 saturated heterocycles. The van der Waals surface area contributed by atoms with Gasteiger partial charge in [0.05, 0.1) is 35.3 Å². The molecule has 4 heterocycles. The van der Waals surface area contributed by atoms with Gasteiger partial charge in [0.2, 0.25) is 11.1 Å². The Kier molecular flexibility index (Phi) is 23.6. The number of amides is 6. The summed E-state index contributed by atoms with van der Waals surface area (Å²) in [7, 11) is 2.15. The van der Waals surface area contributed by atoms with Crippen LogP contribution in [0.3, 0.4) is 0 Å².